The van der Waals surface area contributed by atoms with Gasteiger partial charge in [0.05, 0.1) is 0 Å². The second-order valence-electron chi connectivity index (χ2n) is 5.37. The molecule has 2 N–H and O–H groups in total. The van der Waals surface area contributed by atoms with Crippen molar-refractivity contribution in [3.63, 3.8) is 0 Å². The molecule has 1 aliphatic rings. The molecule has 1 rings (SSSR count). The van der Waals surface area contributed by atoms with Gasteiger partial charge in [-0.2, -0.15) is 0 Å². The highest BCUT2D eigenvalue weighted by atomic mass is 15.2. The fourth-order valence-electron chi connectivity index (χ4n) is 1.93. The van der Waals surface area contributed by atoms with E-state index in [2.05, 4.69) is 36.3 Å². The Morgan fingerprint density at radius 3 is 2.75 bits per heavy atom. The Morgan fingerprint density at radius 2 is 2.00 bits per heavy atom. The Hall–Kier alpha value is -0.120. The van der Waals surface area contributed by atoms with Gasteiger partial charge in [0, 0.05) is 26.2 Å². The first kappa shape index (κ1) is 13.9. The minimum Gasteiger partial charge on any atom is -0.315 e. The summed E-state index contributed by atoms with van der Waals surface area (Å²) in [7, 11) is 0. The fraction of sp³-hybridized carbons (Fsp3) is 1.00. The van der Waals surface area contributed by atoms with E-state index in [9.17, 15) is 0 Å². The number of hydrogen-bond acceptors (Lipinski definition) is 3. The smallest absolute Gasteiger partial charge is 0.0107 e. The monoisotopic (exact) mass is 227 g/mol. The molecule has 1 unspecified atom stereocenters. The molecule has 0 aromatic heterocycles. The molecular formula is C13H29N3. The van der Waals surface area contributed by atoms with E-state index in [1.165, 1.54) is 32.6 Å². The van der Waals surface area contributed by atoms with Gasteiger partial charge in [-0.15, -0.1) is 0 Å². The molecule has 0 aromatic carbocycles. The number of nitrogens with one attached hydrogen (secondary N) is 2. The van der Waals surface area contributed by atoms with Crippen LogP contribution in [0.5, 0.6) is 0 Å². The maximum atomic E-state index is 3.57. The molecule has 1 atom stereocenters. The van der Waals surface area contributed by atoms with Gasteiger partial charge in [0.25, 0.3) is 0 Å². The van der Waals surface area contributed by atoms with Crippen molar-refractivity contribution in [3.05, 3.63) is 0 Å². The van der Waals surface area contributed by atoms with Crippen molar-refractivity contribution in [3.8, 4) is 0 Å². The summed E-state index contributed by atoms with van der Waals surface area (Å²) in [5.41, 5.74) is 0. The summed E-state index contributed by atoms with van der Waals surface area (Å²) >= 11 is 0. The molecule has 0 aromatic rings. The van der Waals surface area contributed by atoms with Crippen LogP contribution in [0.15, 0.2) is 0 Å². The van der Waals surface area contributed by atoms with Crippen molar-refractivity contribution in [1.82, 2.24) is 15.5 Å². The highest BCUT2D eigenvalue weighted by Crippen LogP contribution is 2.07. The molecule has 0 radical (unpaired) electrons. The van der Waals surface area contributed by atoms with E-state index in [-0.39, 0.29) is 0 Å². The Labute approximate surface area is 101 Å². The van der Waals surface area contributed by atoms with Crippen LogP contribution in [0.25, 0.3) is 0 Å². The predicted octanol–water partition coefficient (Wildman–Crippen LogP) is 1.16. The van der Waals surface area contributed by atoms with E-state index in [4.69, 9.17) is 0 Å². The van der Waals surface area contributed by atoms with Gasteiger partial charge in [-0.3, -0.25) is 0 Å². The number of rotatable bonds is 6. The lowest BCUT2D eigenvalue weighted by Gasteiger charge is -2.21. The average Bonchev–Trinajstić information content (AvgIpc) is 2.52. The van der Waals surface area contributed by atoms with Crippen molar-refractivity contribution in [1.29, 1.82) is 0 Å². The molecular weight excluding hydrogens is 198 g/mol. The van der Waals surface area contributed by atoms with Gasteiger partial charge >= 0.3 is 0 Å². The zero-order valence-corrected chi connectivity index (χ0v) is 11.3. The molecule has 1 saturated heterocycles. The van der Waals surface area contributed by atoms with Crippen molar-refractivity contribution in [2.75, 3.05) is 45.8 Å². The van der Waals surface area contributed by atoms with Gasteiger partial charge in [0.2, 0.25) is 0 Å². The average molecular weight is 227 g/mol. The number of hydrogen-bond donors (Lipinski definition) is 2. The highest BCUT2D eigenvalue weighted by molar-refractivity contribution is 4.67. The van der Waals surface area contributed by atoms with E-state index in [1.54, 1.807) is 0 Å². The van der Waals surface area contributed by atoms with Gasteiger partial charge in [0.15, 0.2) is 0 Å². The van der Waals surface area contributed by atoms with Crippen LogP contribution < -0.4 is 10.6 Å². The molecule has 0 amide bonds. The predicted molar refractivity (Wildman–Crippen MR) is 70.8 cm³/mol. The van der Waals surface area contributed by atoms with Gasteiger partial charge in [0.1, 0.15) is 0 Å². The lowest BCUT2D eigenvalue weighted by atomic mass is 9.98. The van der Waals surface area contributed by atoms with Gasteiger partial charge in [-0.25, -0.2) is 0 Å². The van der Waals surface area contributed by atoms with Crippen LogP contribution in [0.4, 0.5) is 0 Å². The van der Waals surface area contributed by atoms with E-state index in [0.717, 1.165) is 31.5 Å². The van der Waals surface area contributed by atoms with Gasteiger partial charge in [-0.1, -0.05) is 20.8 Å². The molecule has 96 valence electrons. The standard InChI is InChI=1S/C13H29N3/c1-12(2)13(3)11-15-7-10-16-8-4-5-14-6-9-16/h12-15H,4-11H2,1-3H3. The summed E-state index contributed by atoms with van der Waals surface area (Å²) in [6.07, 6.45) is 1.29. The second kappa shape index (κ2) is 8.04. The third-order valence-corrected chi connectivity index (χ3v) is 3.64. The van der Waals surface area contributed by atoms with Crippen LogP contribution in [-0.2, 0) is 0 Å². The summed E-state index contributed by atoms with van der Waals surface area (Å²) in [6, 6.07) is 0. The lowest BCUT2D eigenvalue weighted by molar-refractivity contribution is 0.285. The quantitative estimate of drug-likeness (QED) is 0.667. The summed E-state index contributed by atoms with van der Waals surface area (Å²) in [4.78, 5) is 2.56. The highest BCUT2D eigenvalue weighted by Gasteiger charge is 2.09. The third-order valence-electron chi connectivity index (χ3n) is 3.64. The zero-order valence-electron chi connectivity index (χ0n) is 11.3. The van der Waals surface area contributed by atoms with Crippen molar-refractivity contribution in [2.24, 2.45) is 11.8 Å². The Balaban J connectivity index is 2.01. The Bertz CT molecular complexity index is 163. The van der Waals surface area contributed by atoms with Crippen LogP contribution in [0, 0.1) is 11.8 Å². The SMILES string of the molecule is CC(C)C(C)CNCCN1CCCNCC1. The number of nitrogens with zero attached hydrogens (tertiary/aromatic N) is 1. The lowest BCUT2D eigenvalue weighted by Crippen LogP contribution is -2.36. The minimum absolute atomic E-state index is 0.783. The largest absolute Gasteiger partial charge is 0.315 e. The molecule has 0 saturated carbocycles. The normalized spacial score (nSPS) is 21.0. The van der Waals surface area contributed by atoms with Crippen LogP contribution >= 0.6 is 0 Å². The van der Waals surface area contributed by atoms with Crippen molar-refractivity contribution >= 4 is 0 Å². The summed E-state index contributed by atoms with van der Waals surface area (Å²) in [5, 5.41) is 7.01. The molecule has 16 heavy (non-hydrogen) atoms. The molecule has 1 heterocycles. The summed E-state index contributed by atoms with van der Waals surface area (Å²) < 4.78 is 0. The molecule has 1 aliphatic heterocycles. The van der Waals surface area contributed by atoms with Crippen LogP contribution in [0.1, 0.15) is 27.2 Å². The molecule has 0 spiro atoms. The second-order valence-corrected chi connectivity index (χ2v) is 5.37. The van der Waals surface area contributed by atoms with Crippen molar-refractivity contribution < 1.29 is 0 Å². The van der Waals surface area contributed by atoms with Gasteiger partial charge < -0.3 is 15.5 Å². The molecule has 3 nitrogen and oxygen atoms in total. The topological polar surface area (TPSA) is 27.3 Å². The zero-order chi connectivity index (χ0) is 11.8. The Kier molecular flexibility index (Phi) is 7.01. The first-order chi connectivity index (χ1) is 7.70. The molecule has 0 aliphatic carbocycles. The molecule has 3 heteroatoms. The third kappa shape index (κ3) is 5.83. The molecule has 0 bridgehead atoms. The Morgan fingerprint density at radius 1 is 1.19 bits per heavy atom. The minimum atomic E-state index is 0.783. The van der Waals surface area contributed by atoms with E-state index in [1.807, 2.05) is 0 Å². The molecule has 1 fully saturated rings. The summed E-state index contributed by atoms with van der Waals surface area (Å²) in [6.45, 7) is 15.2. The van der Waals surface area contributed by atoms with Gasteiger partial charge in [-0.05, 0) is 37.9 Å². The first-order valence-corrected chi connectivity index (χ1v) is 6.84. The van der Waals surface area contributed by atoms with Crippen LogP contribution in [-0.4, -0.2) is 50.7 Å². The van der Waals surface area contributed by atoms with E-state index >= 15 is 0 Å². The first-order valence-electron chi connectivity index (χ1n) is 6.84. The maximum Gasteiger partial charge on any atom is 0.0107 e. The fourth-order valence-corrected chi connectivity index (χ4v) is 1.93. The summed E-state index contributed by atoms with van der Waals surface area (Å²) in [5.74, 6) is 1.57. The maximum absolute atomic E-state index is 3.57. The van der Waals surface area contributed by atoms with Crippen LogP contribution in [0.2, 0.25) is 0 Å². The van der Waals surface area contributed by atoms with E-state index < -0.39 is 0 Å². The van der Waals surface area contributed by atoms with Crippen molar-refractivity contribution in [2.45, 2.75) is 27.2 Å². The van der Waals surface area contributed by atoms with E-state index in [0.29, 0.717) is 0 Å². The van der Waals surface area contributed by atoms with Crippen LogP contribution in [0.3, 0.4) is 0 Å².